The minimum Gasteiger partial charge on any atom is -0.355 e. The number of imidazole rings is 2. The van der Waals surface area contributed by atoms with E-state index in [0.29, 0.717) is 5.56 Å². The van der Waals surface area contributed by atoms with Crippen LogP contribution in [0.4, 0.5) is 4.39 Å². The van der Waals surface area contributed by atoms with Gasteiger partial charge in [-0.05, 0) is 79.5 Å². The first kappa shape index (κ1) is 24.1. The Kier molecular flexibility index (Phi) is 5.87. The van der Waals surface area contributed by atoms with E-state index in [1.807, 2.05) is 36.4 Å². The lowest BCUT2D eigenvalue weighted by Crippen LogP contribution is -2.28. The Morgan fingerprint density at radius 2 is 1.63 bits per heavy atom. The van der Waals surface area contributed by atoms with Crippen LogP contribution in [0.1, 0.15) is 34.9 Å². The number of carbonyl (C=O) groups excluding carboxylic acids is 1. The number of benzene rings is 3. The predicted octanol–water partition coefficient (Wildman–Crippen LogP) is 3.85. The highest BCUT2D eigenvalue weighted by Gasteiger charge is 2.24. The number of carbonyl (C=O) groups is 1. The van der Waals surface area contributed by atoms with Crippen LogP contribution in [0.25, 0.3) is 38.9 Å². The molecule has 0 radical (unpaired) electrons. The lowest BCUT2D eigenvalue weighted by molar-refractivity contribution is 0.0959. The maximum atomic E-state index is 14.7. The van der Waals surface area contributed by atoms with Gasteiger partial charge in [-0.3, -0.25) is 18.5 Å². The van der Waals surface area contributed by atoms with Crippen molar-refractivity contribution in [3.8, 4) is 16.8 Å². The fourth-order valence-corrected chi connectivity index (χ4v) is 5.55. The number of hydrogen-bond donors (Lipinski definition) is 2. The van der Waals surface area contributed by atoms with E-state index in [1.165, 1.54) is 19.2 Å². The Bertz CT molecular complexity index is 1770. The Morgan fingerprint density at radius 1 is 0.947 bits per heavy atom. The number of nitrogens with one attached hydrogen (secondary N) is 2. The zero-order chi connectivity index (χ0) is 26.6. The Hall–Kier alpha value is -4.24. The average Bonchev–Trinajstić information content (AvgIpc) is 3.43. The summed E-state index contributed by atoms with van der Waals surface area (Å²) in [6.07, 6.45) is 1.96. The van der Waals surface area contributed by atoms with Crippen molar-refractivity contribution in [2.75, 3.05) is 20.1 Å². The number of nitrogens with zero attached hydrogens (tertiary/aromatic N) is 4. The zero-order valence-corrected chi connectivity index (χ0v) is 21.6. The molecule has 9 heteroatoms. The number of piperidine rings is 1. The first-order chi connectivity index (χ1) is 18.4. The van der Waals surface area contributed by atoms with Crippen LogP contribution >= 0.6 is 0 Å². The molecule has 6 rings (SSSR count). The van der Waals surface area contributed by atoms with Gasteiger partial charge < -0.3 is 10.6 Å². The van der Waals surface area contributed by atoms with Crippen LogP contribution in [0.5, 0.6) is 0 Å². The number of aromatic nitrogens is 4. The molecular weight excluding hydrogens is 483 g/mol. The number of amides is 1. The maximum Gasteiger partial charge on any atom is 0.328 e. The van der Waals surface area contributed by atoms with E-state index in [1.54, 1.807) is 29.3 Å². The normalized spacial score (nSPS) is 14.4. The molecule has 1 saturated heterocycles. The highest BCUT2D eigenvalue weighted by Crippen LogP contribution is 2.34. The standard InChI is InChI=1S/C29H29FN6O2/c1-31-28(37)21-7-4-18(14-22(21)30)19-5-8-24-23(15-19)33-27(17-10-12-32-13-11-17)36(24)20-6-9-25-26(16-20)35(3)29(38)34(25)2/h4-9,14-17,32H,10-13H2,1-3H3,(H,31,37). The molecule has 1 fully saturated rings. The molecular formula is C29H29FN6O2. The minimum absolute atomic E-state index is 0.0144. The Morgan fingerprint density at radius 3 is 2.37 bits per heavy atom. The van der Waals surface area contributed by atoms with E-state index in [9.17, 15) is 14.0 Å². The predicted molar refractivity (Wildman–Crippen MR) is 146 cm³/mol. The molecule has 2 aromatic heterocycles. The van der Waals surface area contributed by atoms with Crippen molar-refractivity contribution >= 4 is 28.0 Å². The molecule has 0 atom stereocenters. The summed E-state index contributed by atoms with van der Waals surface area (Å²) in [5, 5.41) is 5.89. The number of aryl methyl sites for hydroxylation is 2. The second kappa shape index (κ2) is 9.25. The monoisotopic (exact) mass is 512 g/mol. The fraction of sp³-hybridized carbons (Fsp3) is 0.276. The van der Waals surface area contributed by atoms with Crippen LogP contribution in [0.15, 0.2) is 59.4 Å². The van der Waals surface area contributed by atoms with E-state index >= 15 is 0 Å². The maximum absolute atomic E-state index is 14.7. The van der Waals surface area contributed by atoms with E-state index in [0.717, 1.165) is 65.1 Å². The van der Waals surface area contributed by atoms with Gasteiger partial charge in [0.05, 0.1) is 27.6 Å². The summed E-state index contributed by atoms with van der Waals surface area (Å²) >= 11 is 0. The molecule has 3 heterocycles. The van der Waals surface area contributed by atoms with Crippen LogP contribution in [-0.2, 0) is 14.1 Å². The van der Waals surface area contributed by atoms with Crippen molar-refractivity contribution in [3.05, 3.63) is 82.3 Å². The third-order valence-corrected chi connectivity index (χ3v) is 7.67. The molecule has 38 heavy (non-hydrogen) atoms. The molecule has 5 aromatic rings. The van der Waals surface area contributed by atoms with Crippen molar-refractivity contribution in [2.45, 2.75) is 18.8 Å². The number of rotatable bonds is 4. The second-order valence-electron chi connectivity index (χ2n) is 9.88. The highest BCUT2D eigenvalue weighted by atomic mass is 19.1. The first-order valence-corrected chi connectivity index (χ1v) is 12.8. The van der Waals surface area contributed by atoms with Crippen molar-refractivity contribution in [3.63, 3.8) is 0 Å². The smallest absolute Gasteiger partial charge is 0.328 e. The molecule has 1 aliphatic heterocycles. The van der Waals surface area contributed by atoms with Crippen molar-refractivity contribution in [1.29, 1.82) is 0 Å². The van der Waals surface area contributed by atoms with E-state index in [-0.39, 0.29) is 17.2 Å². The van der Waals surface area contributed by atoms with Gasteiger partial charge in [0.1, 0.15) is 11.6 Å². The van der Waals surface area contributed by atoms with Gasteiger partial charge in [0, 0.05) is 32.7 Å². The summed E-state index contributed by atoms with van der Waals surface area (Å²) in [4.78, 5) is 29.6. The second-order valence-corrected chi connectivity index (χ2v) is 9.88. The largest absolute Gasteiger partial charge is 0.355 e. The van der Waals surface area contributed by atoms with Gasteiger partial charge in [0.15, 0.2) is 0 Å². The summed E-state index contributed by atoms with van der Waals surface area (Å²) in [5.74, 6) is 0.249. The molecule has 8 nitrogen and oxygen atoms in total. The lowest BCUT2D eigenvalue weighted by Gasteiger charge is -2.23. The SMILES string of the molecule is CNC(=O)c1ccc(-c2ccc3c(c2)nc(C2CCNCC2)n3-c2ccc3c(c2)n(C)c(=O)n3C)cc1F. The van der Waals surface area contributed by atoms with Crippen molar-refractivity contribution in [2.24, 2.45) is 14.1 Å². The third-order valence-electron chi connectivity index (χ3n) is 7.67. The first-order valence-electron chi connectivity index (χ1n) is 12.8. The van der Waals surface area contributed by atoms with Gasteiger partial charge in [0.25, 0.3) is 5.91 Å². The quantitative estimate of drug-likeness (QED) is 0.383. The molecule has 3 aromatic carbocycles. The minimum atomic E-state index is -0.565. The van der Waals surface area contributed by atoms with Gasteiger partial charge in [-0.1, -0.05) is 12.1 Å². The highest BCUT2D eigenvalue weighted by molar-refractivity contribution is 5.95. The topological polar surface area (TPSA) is 85.9 Å². The van der Waals surface area contributed by atoms with Gasteiger partial charge in [-0.25, -0.2) is 14.2 Å². The summed E-state index contributed by atoms with van der Waals surface area (Å²) in [6, 6.07) is 16.7. The van der Waals surface area contributed by atoms with Crippen LogP contribution in [0, 0.1) is 5.82 Å². The van der Waals surface area contributed by atoms with E-state index < -0.39 is 11.7 Å². The van der Waals surface area contributed by atoms with E-state index in [2.05, 4.69) is 15.2 Å². The molecule has 0 spiro atoms. The van der Waals surface area contributed by atoms with Crippen molar-refractivity contribution in [1.82, 2.24) is 29.3 Å². The zero-order valence-electron chi connectivity index (χ0n) is 21.6. The lowest BCUT2D eigenvalue weighted by atomic mass is 9.97. The number of fused-ring (bicyclic) bond motifs is 2. The summed E-state index contributed by atoms with van der Waals surface area (Å²) in [5.41, 5.74) is 5.89. The molecule has 0 bridgehead atoms. The molecule has 1 amide bonds. The Balaban J connectivity index is 1.51. The fourth-order valence-electron chi connectivity index (χ4n) is 5.55. The molecule has 0 unspecified atom stereocenters. The van der Waals surface area contributed by atoms with Gasteiger partial charge in [-0.2, -0.15) is 0 Å². The molecule has 1 aliphatic rings. The molecule has 0 saturated carbocycles. The van der Waals surface area contributed by atoms with Gasteiger partial charge in [0.2, 0.25) is 0 Å². The van der Waals surface area contributed by atoms with Crippen molar-refractivity contribution < 1.29 is 9.18 Å². The summed E-state index contributed by atoms with van der Waals surface area (Å²) < 4.78 is 20.2. The van der Waals surface area contributed by atoms with Gasteiger partial charge >= 0.3 is 5.69 Å². The van der Waals surface area contributed by atoms with E-state index in [4.69, 9.17) is 4.98 Å². The third kappa shape index (κ3) is 3.81. The van der Waals surface area contributed by atoms with Crippen LogP contribution in [0.2, 0.25) is 0 Å². The van der Waals surface area contributed by atoms with Gasteiger partial charge in [-0.15, -0.1) is 0 Å². The summed E-state index contributed by atoms with van der Waals surface area (Å²) in [6.45, 7) is 1.87. The van der Waals surface area contributed by atoms with Crippen LogP contribution in [0.3, 0.4) is 0 Å². The molecule has 0 aliphatic carbocycles. The molecule has 2 N–H and O–H groups in total. The van der Waals surface area contributed by atoms with Crippen LogP contribution in [-0.4, -0.2) is 44.7 Å². The van der Waals surface area contributed by atoms with Crippen LogP contribution < -0.4 is 16.3 Å². The Labute approximate surface area is 218 Å². The summed E-state index contributed by atoms with van der Waals surface area (Å²) in [7, 11) is 5.05. The number of hydrogen-bond acceptors (Lipinski definition) is 4. The molecule has 194 valence electrons. The average molecular weight is 513 g/mol. The number of halogens is 1.